The SMILES string of the molecule is CCOc1cc(C#N)cc(Br)c1OCC(=O)NCc1cccnc1N1CCCCC1. The number of hydrogen-bond acceptors (Lipinski definition) is 6. The molecule has 0 bridgehead atoms. The molecule has 7 nitrogen and oxygen atoms in total. The van der Waals surface area contributed by atoms with Crippen LogP contribution in [0, 0.1) is 11.3 Å². The number of amides is 1. The van der Waals surface area contributed by atoms with Gasteiger partial charge in [-0.3, -0.25) is 4.79 Å². The third-order valence-corrected chi connectivity index (χ3v) is 5.37. The van der Waals surface area contributed by atoms with Crippen molar-refractivity contribution in [2.24, 2.45) is 0 Å². The van der Waals surface area contributed by atoms with Crippen molar-refractivity contribution < 1.29 is 14.3 Å². The van der Waals surface area contributed by atoms with Crippen molar-refractivity contribution in [1.82, 2.24) is 10.3 Å². The molecule has 0 spiro atoms. The van der Waals surface area contributed by atoms with Gasteiger partial charge in [-0.25, -0.2) is 4.98 Å². The van der Waals surface area contributed by atoms with E-state index in [9.17, 15) is 4.79 Å². The highest BCUT2D eigenvalue weighted by molar-refractivity contribution is 9.10. The highest BCUT2D eigenvalue weighted by atomic mass is 79.9. The van der Waals surface area contributed by atoms with Gasteiger partial charge in [0.2, 0.25) is 0 Å². The Bertz CT molecular complexity index is 923. The van der Waals surface area contributed by atoms with Crippen LogP contribution >= 0.6 is 15.9 Å². The third-order valence-electron chi connectivity index (χ3n) is 4.79. The van der Waals surface area contributed by atoms with Gasteiger partial charge in [-0.1, -0.05) is 6.07 Å². The van der Waals surface area contributed by atoms with Crippen LogP contribution in [-0.2, 0) is 11.3 Å². The van der Waals surface area contributed by atoms with Crippen molar-refractivity contribution in [3.05, 3.63) is 46.1 Å². The number of rotatable bonds is 8. The maximum atomic E-state index is 12.4. The Balaban J connectivity index is 1.61. The standard InChI is InChI=1S/C22H25BrN4O3/c1-2-29-19-12-16(13-24)11-18(23)21(19)30-15-20(28)26-14-17-7-6-8-25-22(17)27-9-4-3-5-10-27/h6-8,11-12H,2-5,9-10,14-15H2,1H3,(H,26,28). The summed E-state index contributed by atoms with van der Waals surface area (Å²) in [5, 5.41) is 12.0. The van der Waals surface area contributed by atoms with E-state index >= 15 is 0 Å². The van der Waals surface area contributed by atoms with Crippen LogP contribution < -0.4 is 19.7 Å². The van der Waals surface area contributed by atoms with Crippen molar-refractivity contribution >= 4 is 27.7 Å². The van der Waals surface area contributed by atoms with Crippen LogP contribution in [0.4, 0.5) is 5.82 Å². The summed E-state index contributed by atoms with van der Waals surface area (Å²) in [6, 6.07) is 9.18. The van der Waals surface area contributed by atoms with Gasteiger partial charge in [0.15, 0.2) is 18.1 Å². The van der Waals surface area contributed by atoms with Crippen molar-refractivity contribution in [3.8, 4) is 17.6 Å². The minimum Gasteiger partial charge on any atom is -0.490 e. The Labute approximate surface area is 185 Å². The summed E-state index contributed by atoms with van der Waals surface area (Å²) >= 11 is 3.39. The molecule has 1 aliphatic heterocycles. The first-order chi connectivity index (χ1) is 14.6. The Morgan fingerprint density at radius 2 is 2.10 bits per heavy atom. The summed E-state index contributed by atoms with van der Waals surface area (Å²) in [6.45, 7) is 4.47. The Morgan fingerprint density at radius 1 is 1.30 bits per heavy atom. The van der Waals surface area contributed by atoms with Crippen molar-refractivity contribution in [3.63, 3.8) is 0 Å². The normalized spacial score (nSPS) is 13.4. The molecule has 1 aromatic carbocycles. The number of pyridine rings is 1. The maximum Gasteiger partial charge on any atom is 0.258 e. The summed E-state index contributed by atoms with van der Waals surface area (Å²) < 4.78 is 11.8. The number of piperidine rings is 1. The number of nitrogens with one attached hydrogen (secondary N) is 1. The van der Waals surface area contributed by atoms with E-state index in [1.807, 2.05) is 19.1 Å². The summed E-state index contributed by atoms with van der Waals surface area (Å²) in [6.07, 6.45) is 5.37. The number of ether oxygens (including phenoxy) is 2. The number of anilines is 1. The third kappa shape index (κ3) is 5.63. The molecule has 3 rings (SSSR count). The van der Waals surface area contributed by atoms with Gasteiger partial charge in [0.25, 0.3) is 5.91 Å². The van der Waals surface area contributed by atoms with Crippen LogP contribution in [-0.4, -0.2) is 37.2 Å². The monoisotopic (exact) mass is 472 g/mol. The molecule has 0 unspecified atom stereocenters. The lowest BCUT2D eigenvalue weighted by atomic mass is 10.1. The fourth-order valence-corrected chi connectivity index (χ4v) is 3.93. The van der Waals surface area contributed by atoms with Gasteiger partial charge in [0.05, 0.1) is 22.7 Å². The maximum absolute atomic E-state index is 12.4. The zero-order chi connectivity index (χ0) is 21.3. The second-order valence-electron chi connectivity index (χ2n) is 6.93. The lowest BCUT2D eigenvalue weighted by Gasteiger charge is -2.29. The van der Waals surface area contributed by atoms with E-state index in [0.29, 0.717) is 34.7 Å². The van der Waals surface area contributed by atoms with Crippen LogP contribution in [0.25, 0.3) is 0 Å². The number of benzene rings is 1. The Kier molecular flexibility index (Phi) is 7.91. The van der Waals surface area contributed by atoms with Gasteiger partial charge < -0.3 is 19.7 Å². The van der Waals surface area contributed by atoms with E-state index in [0.717, 1.165) is 37.3 Å². The zero-order valence-electron chi connectivity index (χ0n) is 17.0. The first-order valence-electron chi connectivity index (χ1n) is 10.1. The van der Waals surface area contributed by atoms with Crippen molar-refractivity contribution in [2.45, 2.75) is 32.7 Å². The van der Waals surface area contributed by atoms with E-state index in [4.69, 9.17) is 14.7 Å². The van der Waals surface area contributed by atoms with Gasteiger partial charge in [-0.05, 0) is 54.2 Å². The van der Waals surface area contributed by atoms with E-state index < -0.39 is 0 Å². The highest BCUT2D eigenvalue weighted by Gasteiger charge is 2.17. The lowest BCUT2D eigenvalue weighted by molar-refractivity contribution is -0.123. The first-order valence-corrected chi connectivity index (χ1v) is 10.9. The predicted octanol–water partition coefficient (Wildman–Crippen LogP) is 3.80. The van der Waals surface area contributed by atoms with Crippen LogP contribution in [0.2, 0.25) is 0 Å². The molecule has 2 heterocycles. The number of nitriles is 1. The molecule has 1 amide bonds. The molecule has 0 atom stereocenters. The smallest absolute Gasteiger partial charge is 0.258 e. The molecule has 30 heavy (non-hydrogen) atoms. The fraction of sp³-hybridized carbons (Fsp3) is 0.409. The van der Waals surface area contributed by atoms with Crippen molar-refractivity contribution in [2.75, 3.05) is 31.2 Å². The Morgan fingerprint density at radius 3 is 2.83 bits per heavy atom. The highest BCUT2D eigenvalue weighted by Crippen LogP contribution is 2.36. The lowest BCUT2D eigenvalue weighted by Crippen LogP contribution is -2.33. The molecule has 1 aromatic heterocycles. The zero-order valence-corrected chi connectivity index (χ0v) is 18.6. The van der Waals surface area contributed by atoms with Crippen molar-refractivity contribution in [1.29, 1.82) is 5.26 Å². The minimum absolute atomic E-state index is 0.163. The molecular weight excluding hydrogens is 448 g/mol. The molecule has 1 saturated heterocycles. The average Bonchev–Trinajstić information content (AvgIpc) is 2.78. The Hall–Kier alpha value is -2.79. The van der Waals surface area contributed by atoms with E-state index in [2.05, 4.69) is 37.2 Å². The second-order valence-corrected chi connectivity index (χ2v) is 7.78. The van der Waals surface area contributed by atoms with Gasteiger partial charge >= 0.3 is 0 Å². The average molecular weight is 473 g/mol. The molecule has 158 valence electrons. The molecule has 0 aliphatic carbocycles. The molecule has 2 aromatic rings. The summed E-state index contributed by atoms with van der Waals surface area (Å²) in [4.78, 5) is 19.2. The minimum atomic E-state index is -0.248. The number of halogens is 1. The van der Waals surface area contributed by atoms with Crippen LogP contribution in [0.3, 0.4) is 0 Å². The fourth-order valence-electron chi connectivity index (χ4n) is 3.38. The number of carbonyl (C=O) groups excluding carboxylic acids is 1. The molecule has 1 N–H and O–H groups in total. The molecule has 8 heteroatoms. The summed E-state index contributed by atoms with van der Waals surface area (Å²) in [7, 11) is 0. The number of carbonyl (C=O) groups is 1. The van der Waals surface area contributed by atoms with Gasteiger partial charge in [0.1, 0.15) is 5.82 Å². The molecule has 1 fully saturated rings. The predicted molar refractivity (Wildman–Crippen MR) is 118 cm³/mol. The number of hydrogen-bond donors (Lipinski definition) is 1. The largest absolute Gasteiger partial charge is 0.490 e. The topological polar surface area (TPSA) is 87.5 Å². The van der Waals surface area contributed by atoms with Gasteiger partial charge in [-0.2, -0.15) is 5.26 Å². The van der Waals surface area contributed by atoms with Crippen LogP contribution in [0.1, 0.15) is 37.3 Å². The quantitative estimate of drug-likeness (QED) is 0.628. The van der Waals surface area contributed by atoms with E-state index in [-0.39, 0.29) is 12.5 Å². The van der Waals surface area contributed by atoms with Crippen LogP contribution in [0.5, 0.6) is 11.5 Å². The molecular formula is C22H25BrN4O3. The summed E-state index contributed by atoms with van der Waals surface area (Å²) in [5.41, 5.74) is 1.44. The summed E-state index contributed by atoms with van der Waals surface area (Å²) in [5.74, 6) is 1.52. The first kappa shape index (κ1) is 21.9. The molecule has 1 aliphatic rings. The molecule has 0 radical (unpaired) electrons. The van der Waals surface area contributed by atoms with Gasteiger partial charge in [-0.15, -0.1) is 0 Å². The van der Waals surface area contributed by atoms with E-state index in [1.165, 1.54) is 6.42 Å². The van der Waals surface area contributed by atoms with Crippen LogP contribution in [0.15, 0.2) is 34.9 Å². The van der Waals surface area contributed by atoms with Gasteiger partial charge in [0, 0.05) is 37.5 Å². The van der Waals surface area contributed by atoms with E-state index in [1.54, 1.807) is 18.3 Å². The second kappa shape index (κ2) is 10.8. The molecule has 0 saturated carbocycles. The number of aromatic nitrogens is 1. The number of nitrogens with zero attached hydrogens (tertiary/aromatic N) is 3.